The molecule has 52 heavy (non-hydrogen) atoms. The second-order valence-corrected chi connectivity index (χ2v) is 14.5. The molecular formula is C46H48O5Si. The van der Waals surface area contributed by atoms with Gasteiger partial charge in [0, 0.05) is 10.2 Å². The Kier molecular flexibility index (Phi) is 12.7. The highest BCUT2D eigenvalue weighted by atomic mass is 28.1. The summed E-state index contributed by atoms with van der Waals surface area (Å²) < 4.78 is 34.7. The summed E-state index contributed by atoms with van der Waals surface area (Å²) in [6, 6.07) is 55.5. The van der Waals surface area contributed by atoms with Gasteiger partial charge in [-0.1, -0.05) is 164 Å². The van der Waals surface area contributed by atoms with Gasteiger partial charge in [0.1, 0.15) is 30.5 Å². The summed E-state index contributed by atoms with van der Waals surface area (Å²) in [7, 11) is 1.11. The van der Waals surface area contributed by atoms with Gasteiger partial charge in [0.15, 0.2) is 0 Å². The van der Waals surface area contributed by atoms with E-state index in [0.29, 0.717) is 33.0 Å². The second kappa shape index (κ2) is 18.4. The van der Waals surface area contributed by atoms with Crippen molar-refractivity contribution in [2.45, 2.75) is 69.4 Å². The minimum absolute atomic E-state index is 0.338. The molecule has 5 atom stereocenters. The highest BCUT2D eigenvalue weighted by Gasteiger charge is 2.49. The van der Waals surface area contributed by atoms with E-state index < -0.39 is 30.5 Å². The molecular weight excluding hydrogens is 661 g/mol. The molecule has 5 nitrogen and oxygen atoms in total. The summed E-state index contributed by atoms with van der Waals surface area (Å²) in [5.74, 6) is 0. The Hall–Kier alpha value is -4.40. The number of hydrogen-bond donors (Lipinski definition) is 0. The zero-order valence-corrected chi connectivity index (χ0v) is 31.9. The van der Waals surface area contributed by atoms with Gasteiger partial charge in [-0.3, -0.25) is 0 Å². The van der Waals surface area contributed by atoms with Crippen LogP contribution in [-0.2, 0) is 56.5 Å². The van der Waals surface area contributed by atoms with E-state index in [1.807, 2.05) is 60.7 Å². The molecule has 0 amide bonds. The van der Waals surface area contributed by atoms with Gasteiger partial charge in [-0.25, -0.2) is 0 Å². The molecule has 0 bridgehead atoms. The maximum atomic E-state index is 7.29. The number of hydrogen-bond acceptors (Lipinski definition) is 5. The molecule has 1 heterocycles. The van der Waals surface area contributed by atoms with Crippen LogP contribution in [0.25, 0.3) is 10.8 Å². The molecule has 1 aliphatic rings. The lowest BCUT2D eigenvalue weighted by Gasteiger charge is -2.47. The van der Waals surface area contributed by atoms with Crippen LogP contribution in [-0.4, -0.2) is 41.3 Å². The van der Waals surface area contributed by atoms with Crippen LogP contribution in [0.3, 0.4) is 0 Å². The summed E-state index contributed by atoms with van der Waals surface area (Å²) in [6.45, 7) is 2.05. The Balaban J connectivity index is 1.30. The summed E-state index contributed by atoms with van der Waals surface area (Å²) in [6.07, 6.45) is -1.27. The molecule has 1 fully saturated rings. The van der Waals surface area contributed by atoms with Crippen LogP contribution >= 0.6 is 0 Å². The van der Waals surface area contributed by atoms with Crippen LogP contribution < -0.4 is 0 Å². The third-order valence-corrected chi connectivity index (χ3v) is 10.3. The SMILES string of the molecule is [SiH3]CCc1c([C@H]2O[C@H](COCc3ccccc3)[C@@H](OCc3ccccc3)[C@H](OCc3ccccc3)[C@@H]2OCc2ccccc2)ccc2ccccc12. The molecule has 266 valence electrons. The maximum absolute atomic E-state index is 7.29. The highest BCUT2D eigenvalue weighted by molar-refractivity contribution is 6.08. The van der Waals surface area contributed by atoms with Gasteiger partial charge >= 0.3 is 0 Å². The average Bonchev–Trinajstić information content (AvgIpc) is 3.20. The Morgan fingerprint density at radius 2 is 0.962 bits per heavy atom. The first-order valence-electron chi connectivity index (χ1n) is 18.5. The van der Waals surface area contributed by atoms with E-state index in [-0.39, 0.29) is 0 Å². The fourth-order valence-corrected chi connectivity index (χ4v) is 7.69. The van der Waals surface area contributed by atoms with Crippen molar-refractivity contribution in [3.63, 3.8) is 0 Å². The maximum Gasteiger partial charge on any atom is 0.117 e. The Morgan fingerprint density at radius 3 is 1.52 bits per heavy atom. The first-order chi connectivity index (χ1) is 25.8. The minimum Gasteiger partial charge on any atom is -0.374 e. The van der Waals surface area contributed by atoms with Crippen molar-refractivity contribution in [2.75, 3.05) is 6.61 Å². The number of ether oxygens (including phenoxy) is 5. The molecule has 6 aromatic carbocycles. The van der Waals surface area contributed by atoms with Gasteiger partial charge in [-0.15, -0.1) is 0 Å². The van der Waals surface area contributed by atoms with Gasteiger partial charge in [-0.05, 0) is 50.6 Å². The quantitative estimate of drug-likeness (QED) is 0.0944. The molecule has 0 aromatic heterocycles. The molecule has 0 unspecified atom stereocenters. The minimum atomic E-state index is -0.473. The van der Waals surface area contributed by atoms with E-state index >= 15 is 0 Å². The number of fused-ring (bicyclic) bond motifs is 1. The molecule has 0 saturated carbocycles. The van der Waals surface area contributed by atoms with Crippen LogP contribution in [0.2, 0.25) is 6.04 Å². The summed E-state index contributed by atoms with van der Waals surface area (Å²) in [5, 5.41) is 2.50. The summed E-state index contributed by atoms with van der Waals surface area (Å²) in [4.78, 5) is 0. The van der Waals surface area contributed by atoms with Crippen LogP contribution in [0.5, 0.6) is 0 Å². The van der Waals surface area contributed by atoms with Crippen LogP contribution in [0.4, 0.5) is 0 Å². The van der Waals surface area contributed by atoms with Gasteiger partial charge in [0.2, 0.25) is 0 Å². The third kappa shape index (κ3) is 9.14. The summed E-state index contributed by atoms with van der Waals surface area (Å²) >= 11 is 0. The number of rotatable bonds is 16. The van der Waals surface area contributed by atoms with E-state index in [1.54, 1.807) is 0 Å². The van der Waals surface area contributed by atoms with Crippen molar-refractivity contribution in [3.8, 4) is 0 Å². The van der Waals surface area contributed by atoms with E-state index in [1.165, 1.54) is 16.3 Å². The third-order valence-electron chi connectivity index (χ3n) is 9.77. The molecule has 6 aromatic rings. The standard InChI is InChI=1S/C46H48O5Si/c52-28-27-40-39-24-14-13-23-38(39)25-26-41(40)43-45(49-31-36-19-9-3-10-20-36)46(50-32-37-21-11-4-12-22-37)44(48-30-35-17-7-2-8-18-35)42(51-43)33-47-29-34-15-5-1-6-16-34/h1-26,42-46H,27-33H2,52H3/t42-,43-,44-,45-,46+/m1/s1. The molecule has 7 rings (SSSR count). The summed E-state index contributed by atoms with van der Waals surface area (Å²) in [5.41, 5.74) is 6.85. The molecule has 1 saturated heterocycles. The normalized spacial score (nSPS) is 20.3. The van der Waals surface area contributed by atoms with Gasteiger partial charge in [-0.2, -0.15) is 0 Å². The topological polar surface area (TPSA) is 46.2 Å². The zero-order chi connectivity index (χ0) is 35.4. The molecule has 0 aliphatic carbocycles. The number of benzene rings is 6. The molecule has 1 aliphatic heterocycles. The Labute approximate surface area is 310 Å². The van der Waals surface area contributed by atoms with Crippen molar-refractivity contribution in [2.24, 2.45) is 0 Å². The first-order valence-corrected chi connectivity index (χ1v) is 19.9. The van der Waals surface area contributed by atoms with Crippen molar-refractivity contribution in [1.82, 2.24) is 0 Å². The largest absolute Gasteiger partial charge is 0.374 e. The van der Waals surface area contributed by atoms with Gasteiger partial charge in [0.25, 0.3) is 0 Å². The zero-order valence-electron chi connectivity index (χ0n) is 29.9. The Morgan fingerprint density at radius 1 is 0.481 bits per heavy atom. The first kappa shape index (κ1) is 36.0. The van der Waals surface area contributed by atoms with Gasteiger partial charge in [0.05, 0.1) is 33.0 Å². The molecule has 6 heteroatoms. The fraction of sp³-hybridized carbons (Fsp3) is 0.261. The fourth-order valence-electron chi connectivity index (χ4n) is 7.19. The molecule has 0 N–H and O–H groups in total. The number of aryl methyl sites for hydroxylation is 1. The lowest BCUT2D eigenvalue weighted by atomic mass is 9.86. The van der Waals surface area contributed by atoms with Crippen LogP contribution in [0, 0.1) is 0 Å². The highest BCUT2D eigenvalue weighted by Crippen LogP contribution is 2.41. The second-order valence-electron chi connectivity index (χ2n) is 13.5. The monoisotopic (exact) mass is 708 g/mol. The van der Waals surface area contributed by atoms with Crippen molar-refractivity contribution in [1.29, 1.82) is 0 Å². The predicted octanol–water partition coefficient (Wildman–Crippen LogP) is 8.58. The lowest BCUT2D eigenvalue weighted by Crippen LogP contribution is -2.58. The Bertz CT molecular complexity index is 1940. The van der Waals surface area contributed by atoms with E-state index in [4.69, 9.17) is 23.7 Å². The molecule has 0 radical (unpaired) electrons. The smallest absolute Gasteiger partial charge is 0.117 e. The predicted molar refractivity (Wildman–Crippen MR) is 211 cm³/mol. The van der Waals surface area contributed by atoms with Crippen LogP contribution in [0.1, 0.15) is 39.5 Å². The molecule has 0 spiro atoms. The van der Waals surface area contributed by atoms with E-state index in [0.717, 1.165) is 50.5 Å². The van der Waals surface area contributed by atoms with Crippen molar-refractivity contribution < 1.29 is 23.7 Å². The van der Waals surface area contributed by atoms with E-state index in [2.05, 4.69) is 97.1 Å². The van der Waals surface area contributed by atoms with Crippen LogP contribution in [0.15, 0.2) is 158 Å². The van der Waals surface area contributed by atoms with E-state index in [9.17, 15) is 0 Å². The van der Waals surface area contributed by atoms with Crippen molar-refractivity contribution in [3.05, 3.63) is 191 Å². The van der Waals surface area contributed by atoms with Crippen molar-refractivity contribution >= 4 is 21.0 Å². The lowest BCUT2D eigenvalue weighted by molar-refractivity contribution is -0.275. The average molecular weight is 709 g/mol. The van der Waals surface area contributed by atoms with Gasteiger partial charge < -0.3 is 23.7 Å².